The molecule has 2 atom stereocenters. The normalized spacial score (nSPS) is 27.6. The SMILES string of the molecule is CC(NC1CCOC2(CCOCC2)C1)c1nncn1C. The molecule has 0 aliphatic carbocycles. The minimum Gasteiger partial charge on any atom is -0.381 e. The van der Waals surface area contributed by atoms with Crippen LogP contribution in [-0.4, -0.2) is 46.2 Å². The molecule has 0 amide bonds. The summed E-state index contributed by atoms with van der Waals surface area (Å²) >= 11 is 0. The molecule has 2 aliphatic heterocycles. The molecule has 2 aliphatic rings. The zero-order valence-corrected chi connectivity index (χ0v) is 12.3. The van der Waals surface area contributed by atoms with Gasteiger partial charge in [-0.3, -0.25) is 0 Å². The Balaban J connectivity index is 1.61. The fraction of sp³-hybridized carbons (Fsp3) is 0.857. The summed E-state index contributed by atoms with van der Waals surface area (Å²) < 4.78 is 13.5. The number of nitrogens with one attached hydrogen (secondary N) is 1. The third-order valence-corrected chi connectivity index (χ3v) is 4.52. The fourth-order valence-corrected chi connectivity index (χ4v) is 3.37. The molecule has 0 aromatic carbocycles. The van der Waals surface area contributed by atoms with Gasteiger partial charge in [0, 0.05) is 32.9 Å². The van der Waals surface area contributed by atoms with Crippen LogP contribution in [0.25, 0.3) is 0 Å². The molecule has 2 saturated heterocycles. The second-order valence-electron chi connectivity index (χ2n) is 6.02. The van der Waals surface area contributed by atoms with E-state index in [2.05, 4.69) is 22.4 Å². The van der Waals surface area contributed by atoms with Gasteiger partial charge in [-0.05, 0) is 32.6 Å². The second-order valence-corrected chi connectivity index (χ2v) is 6.02. The van der Waals surface area contributed by atoms with Crippen molar-refractivity contribution in [2.75, 3.05) is 19.8 Å². The van der Waals surface area contributed by atoms with Crippen molar-refractivity contribution >= 4 is 0 Å². The number of rotatable bonds is 3. The molecule has 1 N–H and O–H groups in total. The summed E-state index contributed by atoms with van der Waals surface area (Å²) in [5, 5.41) is 11.8. The third-order valence-electron chi connectivity index (χ3n) is 4.52. The Morgan fingerprint density at radius 1 is 1.40 bits per heavy atom. The highest BCUT2D eigenvalue weighted by molar-refractivity contribution is 4.97. The summed E-state index contributed by atoms with van der Waals surface area (Å²) in [6.07, 6.45) is 5.91. The van der Waals surface area contributed by atoms with Crippen LogP contribution in [0.4, 0.5) is 0 Å². The van der Waals surface area contributed by atoms with Gasteiger partial charge in [-0.15, -0.1) is 10.2 Å². The predicted molar refractivity (Wildman–Crippen MR) is 74.3 cm³/mol. The van der Waals surface area contributed by atoms with Crippen LogP contribution < -0.4 is 5.32 Å². The molecule has 1 spiro atoms. The molecule has 1 aromatic heterocycles. The third kappa shape index (κ3) is 2.87. The number of aryl methyl sites for hydroxylation is 1. The second kappa shape index (κ2) is 5.79. The lowest BCUT2D eigenvalue weighted by Crippen LogP contribution is -2.50. The summed E-state index contributed by atoms with van der Waals surface area (Å²) in [5.41, 5.74) is 0.0355. The van der Waals surface area contributed by atoms with Gasteiger partial charge in [0.15, 0.2) is 0 Å². The van der Waals surface area contributed by atoms with Crippen molar-refractivity contribution in [3.8, 4) is 0 Å². The molecule has 0 saturated carbocycles. The standard InChI is InChI=1S/C14H24N4O2/c1-11(13-17-15-10-18(13)2)16-12-3-6-20-14(9-12)4-7-19-8-5-14/h10-12,16H,3-9H2,1-2H3. The molecule has 6 nitrogen and oxygen atoms in total. The number of ether oxygens (including phenoxy) is 2. The van der Waals surface area contributed by atoms with Crippen molar-refractivity contribution in [2.24, 2.45) is 7.05 Å². The molecule has 1 aromatic rings. The van der Waals surface area contributed by atoms with E-state index in [1.807, 2.05) is 11.6 Å². The monoisotopic (exact) mass is 280 g/mol. The van der Waals surface area contributed by atoms with Gasteiger partial charge >= 0.3 is 0 Å². The van der Waals surface area contributed by atoms with Crippen molar-refractivity contribution in [3.05, 3.63) is 12.2 Å². The molecule has 0 radical (unpaired) electrons. The summed E-state index contributed by atoms with van der Waals surface area (Å²) in [4.78, 5) is 0. The van der Waals surface area contributed by atoms with E-state index >= 15 is 0 Å². The molecule has 2 unspecified atom stereocenters. The zero-order chi connectivity index (χ0) is 14.0. The average Bonchev–Trinajstić information content (AvgIpc) is 2.86. The topological polar surface area (TPSA) is 61.2 Å². The smallest absolute Gasteiger partial charge is 0.149 e. The summed E-state index contributed by atoms with van der Waals surface area (Å²) in [7, 11) is 1.98. The van der Waals surface area contributed by atoms with Crippen LogP contribution in [0.5, 0.6) is 0 Å². The summed E-state index contributed by atoms with van der Waals surface area (Å²) in [6, 6.07) is 0.691. The first kappa shape index (κ1) is 14.0. The zero-order valence-electron chi connectivity index (χ0n) is 12.3. The largest absolute Gasteiger partial charge is 0.381 e. The van der Waals surface area contributed by atoms with Crippen LogP contribution in [0, 0.1) is 0 Å². The first-order chi connectivity index (χ1) is 9.69. The molecule has 6 heteroatoms. The minimum atomic E-state index is 0.0355. The molecular formula is C14H24N4O2. The quantitative estimate of drug-likeness (QED) is 0.901. The van der Waals surface area contributed by atoms with Gasteiger partial charge in [-0.2, -0.15) is 0 Å². The Morgan fingerprint density at radius 2 is 2.20 bits per heavy atom. The molecule has 0 bridgehead atoms. The van der Waals surface area contributed by atoms with E-state index in [1.54, 1.807) is 6.33 Å². The first-order valence-corrected chi connectivity index (χ1v) is 7.50. The van der Waals surface area contributed by atoms with E-state index in [9.17, 15) is 0 Å². The number of hydrogen-bond acceptors (Lipinski definition) is 5. The van der Waals surface area contributed by atoms with Gasteiger partial charge in [-0.1, -0.05) is 0 Å². The van der Waals surface area contributed by atoms with E-state index in [0.29, 0.717) is 6.04 Å². The lowest BCUT2D eigenvalue weighted by Gasteiger charge is -2.44. The Labute approximate surface area is 119 Å². The van der Waals surface area contributed by atoms with Crippen molar-refractivity contribution in [2.45, 2.75) is 50.3 Å². The van der Waals surface area contributed by atoms with Crippen LogP contribution in [-0.2, 0) is 16.5 Å². The highest BCUT2D eigenvalue weighted by Crippen LogP contribution is 2.34. The number of nitrogens with zero attached hydrogens (tertiary/aromatic N) is 3. The highest BCUT2D eigenvalue weighted by atomic mass is 16.5. The number of aromatic nitrogens is 3. The number of hydrogen-bond donors (Lipinski definition) is 1. The van der Waals surface area contributed by atoms with E-state index in [0.717, 1.165) is 51.3 Å². The molecule has 3 heterocycles. The van der Waals surface area contributed by atoms with Gasteiger partial charge in [-0.25, -0.2) is 0 Å². The Bertz CT molecular complexity index is 437. The maximum Gasteiger partial charge on any atom is 0.149 e. The van der Waals surface area contributed by atoms with Gasteiger partial charge in [0.1, 0.15) is 12.2 Å². The summed E-state index contributed by atoms with van der Waals surface area (Å²) in [6.45, 7) is 4.64. The van der Waals surface area contributed by atoms with E-state index in [1.165, 1.54) is 0 Å². The van der Waals surface area contributed by atoms with Crippen LogP contribution in [0.15, 0.2) is 6.33 Å². The maximum atomic E-state index is 6.08. The van der Waals surface area contributed by atoms with Crippen molar-refractivity contribution in [1.82, 2.24) is 20.1 Å². The molecular weight excluding hydrogens is 256 g/mol. The molecule has 20 heavy (non-hydrogen) atoms. The van der Waals surface area contributed by atoms with E-state index in [-0.39, 0.29) is 11.6 Å². The molecule has 3 rings (SSSR count). The lowest BCUT2D eigenvalue weighted by atomic mass is 9.84. The van der Waals surface area contributed by atoms with Crippen molar-refractivity contribution in [3.63, 3.8) is 0 Å². The predicted octanol–water partition coefficient (Wildman–Crippen LogP) is 1.19. The van der Waals surface area contributed by atoms with Gasteiger partial charge in [0.05, 0.1) is 11.6 Å². The van der Waals surface area contributed by atoms with Gasteiger partial charge in [0.2, 0.25) is 0 Å². The van der Waals surface area contributed by atoms with Crippen LogP contribution in [0.3, 0.4) is 0 Å². The van der Waals surface area contributed by atoms with Crippen LogP contribution >= 0.6 is 0 Å². The lowest BCUT2D eigenvalue weighted by molar-refractivity contribution is -0.140. The molecule has 2 fully saturated rings. The van der Waals surface area contributed by atoms with Gasteiger partial charge < -0.3 is 19.4 Å². The minimum absolute atomic E-state index is 0.0355. The average molecular weight is 280 g/mol. The van der Waals surface area contributed by atoms with Crippen molar-refractivity contribution in [1.29, 1.82) is 0 Å². The van der Waals surface area contributed by atoms with Crippen LogP contribution in [0.1, 0.15) is 44.5 Å². The van der Waals surface area contributed by atoms with E-state index in [4.69, 9.17) is 9.47 Å². The summed E-state index contributed by atoms with van der Waals surface area (Å²) in [5.74, 6) is 0.984. The van der Waals surface area contributed by atoms with E-state index < -0.39 is 0 Å². The van der Waals surface area contributed by atoms with Gasteiger partial charge in [0.25, 0.3) is 0 Å². The molecule has 112 valence electrons. The Morgan fingerprint density at radius 3 is 2.90 bits per heavy atom. The fourth-order valence-electron chi connectivity index (χ4n) is 3.37. The maximum absolute atomic E-state index is 6.08. The Hall–Kier alpha value is -0.980. The Kier molecular flexibility index (Phi) is 4.05. The van der Waals surface area contributed by atoms with Crippen molar-refractivity contribution < 1.29 is 9.47 Å². The van der Waals surface area contributed by atoms with Crippen LogP contribution in [0.2, 0.25) is 0 Å². The highest BCUT2D eigenvalue weighted by Gasteiger charge is 2.39. The first-order valence-electron chi connectivity index (χ1n) is 7.50.